The second kappa shape index (κ2) is 11.6. The van der Waals surface area contributed by atoms with Crippen LogP contribution >= 0.6 is 0 Å². The summed E-state index contributed by atoms with van der Waals surface area (Å²) >= 11 is 0. The second-order valence-corrected chi connectivity index (χ2v) is 11.5. The van der Waals surface area contributed by atoms with E-state index >= 15 is 0 Å². The summed E-state index contributed by atoms with van der Waals surface area (Å²) in [6.07, 6.45) is -0.0921. The highest BCUT2D eigenvalue weighted by Crippen LogP contribution is 2.41. The highest BCUT2D eigenvalue weighted by atomic mass is 16.6. The summed E-state index contributed by atoms with van der Waals surface area (Å²) in [5, 5.41) is 15.7. The number of aryl methyl sites for hydroxylation is 4. The highest BCUT2D eigenvalue weighted by Gasteiger charge is 2.48. The number of alkyl carbamates (subject to hydrolysis) is 1. The predicted molar refractivity (Wildman–Crippen MR) is 148 cm³/mol. The van der Waals surface area contributed by atoms with E-state index in [0.717, 1.165) is 22.3 Å². The number of ether oxygens (including phenoxy) is 1. The van der Waals surface area contributed by atoms with Crippen LogP contribution in [-0.2, 0) is 14.3 Å². The van der Waals surface area contributed by atoms with E-state index in [1.54, 1.807) is 25.7 Å². The van der Waals surface area contributed by atoms with Gasteiger partial charge in [-0.15, -0.1) is 0 Å². The number of aliphatic hydroxyl groups excluding tert-OH is 1. The lowest BCUT2D eigenvalue weighted by atomic mass is 9.97. The van der Waals surface area contributed by atoms with E-state index in [1.807, 2.05) is 71.0 Å². The molecule has 1 fully saturated rings. The number of para-hydroxylation sites is 1. The Labute approximate surface area is 225 Å². The molecule has 0 saturated heterocycles. The van der Waals surface area contributed by atoms with E-state index in [9.17, 15) is 19.5 Å². The first kappa shape index (κ1) is 29.2. The first-order valence-corrected chi connectivity index (χ1v) is 13.1. The van der Waals surface area contributed by atoms with E-state index in [-0.39, 0.29) is 17.9 Å². The normalized spacial score (nSPS) is 18.2. The summed E-state index contributed by atoms with van der Waals surface area (Å²) in [5.41, 5.74) is 4.36. The van der Waals surface area contributed by atoms with Gasteiger partial charge in [0.1, 0.15) is 17.7 Å². The number of hydrogen-bond donors (Lipinski definition) is 3. The van der Waals surface area contributed by atoms with Crippen LogP contribution in [0.15, 0.2) is 36.4 Å². The Hall–Kier alpha value is -3.39. The number of nitrogens with one attached hydrogen (secondary N) is 2. The molecule has 1 saturated carbocycles. The maximum atomic E-state index is 14.1. The number of carbonyl (C=O) groups excluding carboxylic acids is 3. The number of benzene rings is 2. The first-order valence-electron chi connectivity index (χ1n) is 13.1. The van der Waals surface area contributed by atoms with Gasteiger partial charge in [0.15, 0.2) is 0 Å². The molecule has 38 heavy (non-hydrogen) atoms. The number of hydrogen-bond acceptors (Lipinski definition) is 5. The fourth-order valence-corrected chi connectivity index (χ4v) is 4.80. The van der Waals surface area contributed by atoms with Crippen LogP contribution in [0.25, 0.3) is 0 Å². The van der Waals surface area contributed by atoms with Crippen LogP contribution in [0.1, 0.15) is 68.0 Å². The van der Waals surface area contributed by atoms with Crippen molar-refractivity contribution in [3.63, 3.8) is 0 Å². The maximum Gasteiger partial charge on any atom is 0.408 e. The van der Waals surface area contributed by atoms with Gasteiger partial charge in [0.05, 0.1) is 6.61 Å². The van der Waals surface area contributed by atoms with E-state index in [0.29, 0.717) is 17.7 Å². The van der Waals surface area contributed by atoms with Gasteiger partial charge in [-0.1, -0.05) is 54.4 Å². The standard InChI is InChI=1S/C30H41N3O5/c1-17-12-18(2)14-22(13-17)26(27(35)32-25-19(3)10-9-11-20(25)4)33(24-15-21(24)5)28(36)23(16-34)31-29(37)38-30(6,7)8/h9-14,21,23-24,26,34H,15-16H2,1-8H3,(H,31,37)(H,32,35). The molecule has 4 unspecified atom stereocenters. The van der Waals surface area contributed by atoms with Crippen molar-refractivity contribution in [1.82, 2.24) is 10.2 Å². The highest BCUT2D eigenvalue weighted by molar-refractivity contribution is 6.00. The molecule has 0 aliphatic heterocycles. The second-order valence-electron chi connectivity index (χ2n) is 11.5. The van der Waals surface area contributed by atoms with Gasteiger partial charge in [0.2, 0.25) is 5.91 Å². The molecule has 8 nitrogen and oxygen atoms in total. The minimum atomic E-state index is -1.26. The van der Waals surface area contributed by atoms with Crippen LogP contribution in [-0.4, -0.2) is 52.2 Å². The molecule has 3 amide bonds. The molecule has 0 bridgehead atoms. The molecule has 2 aromatic rings. The molecule has 4 atom stereocenters. The maximum absolute atomic E-state index is 14.1. The molecule has 0 heterocycles. The minimum absolute atomic E-state index is 0.168. The van der Waals surface area contributed by atoms with E-state index in [2.05, 4.69) is 10.6 Å². The van der Waals surface area contributed by atoms with Gasteiger partial charge in [-0.2, -0.15) is 0 Å². The Bertz CT molecular complexity index is 1160. The number of nitrogens with zero attached hydrogens (tertiary/aromatic N) is 1. The zero-order valence-corrected chi connectivity index (χ0v) is 23.7. The fraction of sp³-hybridized carbons (Fsp3) is 0.500. The van der Waals surface area contributed by atoms with Crippen molar-refractivity contribution in [2.75, 3.05) is 11.9 Å². The molecular formula is C30H41N3O5. The van der Waals surface area contributed by atoms with Gasteiger partial charge in [0, 0.05) is 11.7 Å². The van der Waals surface area contributed by atoms with Crippen molar-refractivity contribution < 1.29 is 24.2 Å². The van der Waals surface area contributed by atoms with Gasteiger partial charge in [0.25, 0.3) is 5.91 Å². The van der Waals surface area contributed by atoms with Crippen molar-refractivity contribution in [2.24, 2.45) is 5.92 Å². The summed E-state index contributed by atoms with van der Waals surface area (Å²) in [5.74, 6) is -0.719. The lowest BCUT2D eigenvalue weighted by Gasteiger charge is -2.35. The molecule has 8 heteroatoms. The number of anilines is 1. The summed E-state index contributed by atoms with van der Waals surface area (Å²) in [6.45, 7) is 14.3. The molecule has 0 spiro atoms. The van der Waals surface area contributed by atoms with E-state index < -0.39 is 36.3 Å². The van der Waals surface area contributed by atoms with Crippen molar-refractivity contribution in [3.05, 3.63) is 64.2 Å². The van der Waals surface area contributed by atoms with Crippen molar-refractivity contribution in [2.45, 2.75) is 85.5 Å². The zero-order valence-electron chi connectivity index (χ0n) is 23.7. The largest absolute Gasteiger partial charge is 0.444 e. The lowest BCUT2D eigenvalue weighted by molar-refractivity contribution is -0.142. The van der Waals surface area contributed by atoms with Crippen LogP contribution < -0.4 is 10.6 Å². The van der Waals surface area contributed by atoms with Crippen molar-refractivity contribution in [3.8, 4) is 0 Å². The topological polar surface area (TPSA) is 108 Å². The Morgan fingerprint density at radius 2 is 1.61 bits per heavy atom. The Kier molecular flexibility index (Phi) is 8.87. The SMILES string of the molecule is Cc1cc(C)cc(C(C(=O)Nc2c(C)cccc2C)N(C(=O)C(CO)NC(=O)OC(C)(C)C)C2CC2C)c1. The molecule has 1 aliphatic rings. The van der Waals surface area contributed by atoms with Crippen LogP contribution in [0.2, 0.25) is 0 Å². The Morgan fingerprint density at radius 1 is 1.05 bits per heavy atom. The Morgan fingerprint density at radius 3 is 2.08 bits per heavy atom. The number of aliphatic hydroxyl groups is 1. The third-order valence-corrected chi connectivity index (χ3v) is 6.67. The van der Waals surface area contributed by atoms with Crippen LogP contribution in [0.5, 0.6) is 0 Å². The summed E-state index contributed by atoms with van der Waals surface area (Å²) in [4.78, 5) is 42.1. The molecule has 2 aromatic carbocycles. The molecule has 1 aliphatic carbocycles. The van der Waals surface area contributed by atoms with Gasteiger partial charge >= 0.3 is 6.09 Å². The van der Waals surface area contributed by atoms with E-state index in [4.69, 9.17) is 4.74 Å². The van der Waals surface area contributed by atoms with Crippen molar-refractivity contribution >= 4 is 23.6 Å². The monoisotopic (exact) mass is 523 g/mol. The van der Waals surface area contributed by atoms with E-state index in [1.165, 1.54) is 0 Å². The smallest absolute Gasteiger partial charge is 0.408 e. The van der Waals surface area contributed by atoms with Gasteiger partial charge in [-0.25, -0.2) is 4.79 Å². The number of amides is 3. The Balaban J connectivity index is 2.05. The molecule has 0 radical (unpaired) electrons. The third-order valence-electron chi connectivity index (χ3n) is 6.67. The van der Waals surface area contributed by atoms with Crippen LogP contribution in [0.3, 0.4) is 0 Å². The average molecular weight is 524 g/mol. The van der Waals surface area contributed by atoms with Gasteiger partial charge in [-0.3, -0.25) is 9.59 Å². The molecule has 0 aromatic heterocycles. The average Bonchev–Trinajstić information content (AvgIpc) is 3.51. The quantitative estimate of drug-likeness (QED) is 0.464. The number of rotatable bonds is 8. The van der Waals surface area contributed by atoms with Gasteiger partial charge in [-0.05, 0) is 77.5 Å². The predicted octanol–water partition coefficient (Wildman–Crippen LogP) is 4.72. The van der Waals surface area contributed by atoms with Crippen LogP contribution in [0, 0.1) is 33.6 Å². The minimum Gasteiger partial charge on any atom is -0.444 e. The fourth-order valence-electron chi connectivity index (χ4n) is 4.80. The van der Waals surface area contributed by atoms with Crippen LogP contribution in [0.4, 0.5) is 10.5 Å². The molecule has 3 N–H and O–H groups in total. The number of carbonyl (C=O) groups is 3. The molecule has 3 rings (SSSR count). The first-order chi connectivity index (χ1) is 17.7. The summed E-state index contributed by atoms with van der Waals surface area (Å²) in [6, 6.07) is 9.15. The summed E-state index contributed by atoms with van der Waals surface area (Å²) in [7, 11) is 0. The third kappa shape index (κ3) is 7.13. The van der Waals surface area contributed by atoms with Gasteiger partial charge < -0.3 is 25.4 Å². The van der Waals surface area contributed by atoms with Crippen molar-refractivity contribution in [1.29, 1.82) is 0 Å². The zero-order chi connectivity index (χ0) is 28.4. The summed E-state index contributed by atoms with van der Waals surface area (Å²) < 4.78 is 5.32. The molecule has 206 valence electrons. The molecular weight excluding hydrogens is 482 g/mol. The lowest BCUT2D eigenvalue weighted by Crippen LogP contribution is -2.54.